The van der Waals surface area contributed by atoms with E-state index in [9.17, 15) is 5.11 Å². The van der Waals surface area contributed by atoms with E-state index in [4.69, 9.17) is 4.74 Å². The van der Waals surface area contributed by atoms with E-state index in [0.29, 0.717) is 0 Å². The van der Waals surface area contributed by atoms with Crippen LogP contribution in [-0.4, -0.2) is 14.1 Å². The fraction of sp³-hybridized carbons (Fsp3) is 0.333. The van der Waals surface area contributed by atoms with E-state index in [1.807, 2.05) is 18.2 Å². The molecule has 0 amide bonds. The van der Waals surface area contributed by atoms with Crippen molar-refractivity contribution >= 4 is 61.1 Å². The molecule has 0 aliphatic rings. The van der Waals surface area contributed by atoms with Crippen LogP contribution in [0, 0.1) is 0 Å². The summed E-state index contributed by atoms with van der Waals surface area (Å²) in [7, 11) is 1.62. The first kappa shape index (κ1) is 13.0. The van der Waals surface area contributed by atoms with Gasteiger partial charge in [0.2, 0.25) is 0 Å². The molecule has 0 heterocycles. The number of benzene rings is 1. The Morgan fingerprint density at radius 1 is 1.43 bits per heavy atom. The second kappa shape index (κ2) is 5.86. The molecular weight excluding hydrogens is 474 g/mol. The topological polar surface area (TPSA) is 29.5 Å². The minimum Gasteiger partial charge on any atom is -0.496 e. The second-order valence-corrected chi connectivity index (χ2v) is 8.60. The lowest BCUT2D eigenvalue weighted by atomic mass is 10.1. The van der Waals surface area contributed by atoms with E-state index < -0.39 is 6.10 Å². The zero-order valence-corrected chi connectivity index (χ0v) is 13.3. The van der Waals surface area contributed by atoms with E-state index in [2.05, 4.69) is 61.1 Å². The van der Waals surface area contributed by atoms with Gasteiger partial charge in [0.05, 0.1) is 19.6 Å². The van der Waals surface area contributed by atoms with Crippen LogP contribution in [0.15, 0.2) is 22.7 Å². The highest BCUT2D eigenvalue weighted by molar-refractivity contribution is 14.2. The molecule has 0 saturated carbocycles. The molecule has 2 nitrogen and oxygen atoms in total. The highest BCUT2D eigenvalue weighted by Crippen LogP contribution is 2.32. The summed E-state index contributed by atoms with van der Waals surface area (Å²) in [5.41, 5.74) is 0.895. The van der Waals surface area contributed by atoms with Gasteiger partial charge in [-0.3, -0.25) is 0 Å². The van der Waals surface area contributed by atoms with Gasteiger partial charge >= 0.3 is 0 Å². The zero-order chi connectivity index (χ0) is 10.7. The van der Waals surface area contributed by atoms with Gasteiger partial charge in [-0.2, -0.15) is 0 Å². The lowest BCUT2D eigenvalue weighted by Crippen LogP contribution is -2.04. The number of aliphatic hydroxyl groups excluding tert-OH is 1. The third-order valence-corrected chi connectivity index (χ3v) is 3.74. The number of ether oxygens (including phenoxy) is 1. The molecular formula is C9H9BrI2O2. The van der Waals surface area contributed by atoms with Crippen molar-refractivity contribution in [2.24, 2.45) is 0 Å². The summed E-state index contributed by atoms with van der Waals surface area (Å²) >= 11 is 7.77. The highest BCUT2D eigenvalue weighted by atomic mass is 127. The Labute approximate surface area is 119 Å². The van der Waals surface area contributed by atoms with Crippen LogP contribution in [0.1, 0.15) is 11.7 Å². The van der Waals surface area contributed by atoms with Crippen molar-refractivity contribution in [3.63, 3.8) is 0 Å². The van der Waals surface area contributed by atoms with Crippen LogP contribution >= 0.6 is 61.1 Å². The Bertz CT molecular complexity index is 318. The second-order valence-electron chi connectivity index (χ2n) is 2.67. The quantitative estimate of drug-likeness (QED) is 0.526. The summed E-state index contributed by atoms with van der Waals surface area (Å²) in [5, 5.41) is 9.81. The van der Waals surface area contributed by atoms with Crippen LogP contribution in [0.25, 0.3) is 0 Å². The van der Waals surface area contributed by atoms with Crippen molar-refractivity contribution in [2.45, 2.75) is 8.04 Å². The molecule has 1 aromatic carbocycles. The Morgan fingerprint density at radius 2 is 2.07 bits per heavy atom. The van der Waals surface area contributed by atoms with E-state index in [1.165, 1.54) is 0 Å². The Hall–Kier alpha value is 0.920. The molecule has 0 aliphatic heterocycles. The molecule has 0 aromatic heterocycles. The standard InChI is InChI=1S/C9H9BrI2O2/c1-14-7-3-2-5(4-6(7)10)8(13)9(11)12/h2-4,8-9,13H,1H3. The number of methoxy groups -OCH3 is 1. The van der Waals surface area contributed by atoms with Crippen molar-refractivity contribution in [3.8, 4) is 5.75 Å². The average Bonchev–Trinajstić information content (AvgIpc) is 2.16. The molecule has 14 heavy (non-hydrogen) atoms. The maximum absolute atomic E-state index is 9.81. The predicted octanol–water partition coefficient (Wildman–Crippen LogP) is 3.69. The summed E-state index contributed by atoms with van der Waals surface area (Å²) in [4.78, 5) is 0. The number of hydrogen-bond donors (Lipinski definition) is 1. The van der Waals surface area contributed by atoms with E-state index in [-0.39, 0.29) is 1.93 Å². The van der Waals surface area contributed by atoms with Gasteiger partial charge in [0.25, 0.3) is 0 Å². The minimum atomic E-state index is -0.446. The maximum atomic E-state index is 9.81. The van der Waals surface area contributed by atoms with E-state index in [1.54, 1.807) is 7.11 Å². The monoisotopic (exact) mass is 482 g/mol. The van der Waals surface area contributed by atoms with Gasteiger partial charge in [-0.05, 0) is 33.6 Å². The number of halogens is 3. The van der Waals surface area contributed by atoms with Gasteiger partial charge in [-0.25, -0.2) is 0 Å². The molecule has 5 heteroatoms. The van der Waals surface area contributed by atoms with Crippen molar-refractivity contribution in [3.05, 3.63) is 28.2 Å². The fourth-order valence-corrected chi connectivity index (χ4v) is 2.40. The first-order valence-electron chi connectivity index (χ1n) is 3.86. The van der Waals surface area contributed by atoms with Gasteiger partial charge in [0.15, 0.2) is 0 Å². The molecule has 1 aromatic rings. The van der Waals surface area contributed by atoms with Gasteiger partial charge in [-0.15, -0.1) is 0 Å². The number of hydrogen-bond acceptors (Lipinski definition) is 2. The number of rotatable bonds is 3. The highest BCUT2D eigenvalue weighted by Gasteiger charge is 2.15. The normalized spacial score (nSPS) is 13.0. The molecule has 0 spiro atoms. The lowest BCUT2D eigenvalue weighted by molar-refractivity contribution is 0.203. The lowest BCUT2D eigenvalue weighted by Gasteiger charge is -2.13. The van der Waals surface area contributed by atoms with Gasteiger partial charge < -0.3 is 9.84 Å². The SMILES string of the molecule is COc1ccc(C(O)C(I)I)cc1Br. The molecule has 0 fully saturated rings. The molecule has 0 saturated heterocycles. The number of aliphatic hydroxyl groups is 1. The summed E-state index contributed by atoms with van der Waals surface area (Å²) in [6, 6.07) is 5.60. The van der Waals surface area contributed by atoms with Crippen LogP contribution in [0.2, 0.25) is 0 Å². The third kappa shape index (κ3) is 3.21. The van der Waals surface area contributed by atoms with Crippen molar-refractivity contribution in [2.75, 3.05) is 7.11 Å². The summed E-state index contributed by atoms with van der Waals surface area (Å²) in [5.74, 6) is 0.777. The molecule has 78 valence electrons. The molecule has 0 bridgehead atoms. The van der Waals surface area contributed by atoms with Gasteiger partial charge in [0, 0.05) is 0 Å². The van der Waals surface area contributed by atoms with Gasteiger partial charge in [-0.1, -0.05) is 51.2 Å². The fourth-order valence-electron chi connectivity index (χ4n) is 1.01. The molecule has 0 aliphatic carbocycles. The van der Waals surface area contributed by atoms with Gasteiger partial charge in [0.1, 0.15) is 5.75 Å². The summed E-state index contributed by atoms with van der Waals surface area (Å²) in [6.45, 7) is 0. The average molecular weight is 483 g/mol. The van der Waals surface area contributed by atoms with Crippen LogP contribution < -0.4 is 4.74 Å². The van der Waals surface area contributed by atoms with Crippen LogP contribution in [-0.2, 0) is 0 Å². The largest absolute Gasteiger partial charge is 0.496 e. The molecule has 1 N–H and O–H groups in total. The number of alkyl halides is 2. The molecule has 1 rings (SSSR count). The Morgan fingerprint density at radius 3 is 2.50 bits per heavy atom. The van der Waals surface area contributed by atoms with Crippen LogP contribution in [0.3, 0.4) is 0 Å². The smallest absolute Gasteiger partial charge is 0.133 e. The summed E-state index contributed by atoms with van der Waals surface area (Å²) < 4.78 is 6.13. The van der Waals surface area contributed by atoms with Crippen molar-refractivity contribution in [1.82, 2.24) is 0 Å². The van der Waals surface area contributed by atoms with E-state index >= 15 is 0 Å². The minimum absolute atomic E-state index is 0.158. The van der Waals surface area contributed by atoms with Crippen molar-refractivity contribution in [1.29, 1.82) is 0 Å². The Balaban J connectivity index is 2.96. The first-order chi connectivity index (χ1) is 6.56. The maximum Gasteiger partial charge on any atom is 0.133 e. The predicted molar refractivity (Wildman–Crippen MR) is 77.5 cm³/mol. The van der Waals surface area contributed by atoms with E-state index in [0.717, 1.165) is 15.8 Å². The van der Waals surface area contributed by atoms with Crippen molar-refractivity contribution < 1.29 is 9.84 Å². The summed E-state index contributed by atoms with van der Waals surface area (Å²) in [6.07, 6.45) is -0.446. The Kier molecular flexibility index (Phi) is 5.43. The molecule has 1 atom stereocenters. The first-order valence-corrected chi connectivity index (χ1v) is 7.14. The van der Waals surface area contributed by atoms with Crippen LogP contribution in [0.4, 0.5) is 0 Å². The molecule has 1 unspecified atom stereocenters. The molecule has 0 radical (unpaired) electrons. The third-order valence-electron chi connectivity index (χ3n) is 1.76. The van der Waals surface area contributed by atoms with Crippen LogP contribution in [0.5, 0.6) is 5.75 Å². The zero-order valence-electron chi connectivity index (χ0n) is 7.38.